The fraction of sp³-hybridized carbons (Fsp3) is 0.667. The van der Waals surface area contributed by atoms with Gasteiger partial charge in [-0.05, 0) is 47.3 Å². The molecule has 1 saturated heterocycles. The Morgan fingerprint density at radius 3 is 2.94 bits per heavy atom. The molecular weight excluding hydrogens is 329 g/mol. The Hall–Kier alpha value is -0.590. The third-order valence-electron chi connectivity index (χ3n) is 3.42. The van der Waals surface area contributed by atoms with E-state index in [2.05, 4.69) is 51.3 Å². The van der Waals surface area contributed by atoms with Gasteiger partial charge in [0, 0.05) is 13.1 Å². The summed E-state index contributed by atoms with van der Waals surface area (Å²) in [4.78, 5) is 20.7. The van der Waals surface area contributed by atoms with Gasteiger partial charge in [0.15, 0.2) is 0 Å². The summed E-state index contributed by atoms with van der Waals surface area (Å²) in [6.45, 7) is 6.61. The van der Waals surface area contributed by atoms with Crippen molar-refractivity contribution in [2.45, 2.75) is 33.1 Å². The van der Waals surface area contributed by atoms with Gasteiger partial charge in [0.1, 0.15) is 9.39 Å². The lowest BCUT2D eigenvalue weighted by molar-refractivity contribution is 0.325. The molecule has 17 heavy (non-hydrogen) atoms. The molecule has 0 aliphatic carbocycles. The number of nitrogens with zero attached hydrogens (tertiary/aromatic N) is 2. The second-order valence-electron chi connectivity index (χ2n) is 5.37. The first-order valence-corrected chi connectivity index (χ1v) is 7.06. The first-order chi connectivity index (χ1) is 7.99. The maximum atomic E-state index is 11.6. The molecule has 0 bridgehead atoms. The summed E-state index contributed by atoms with van der Waals surface area (Å²) < 4.78 is 0.699. The molecule has 1 aromatic rings. The monoisotopic (exact) mass is 347 g/mol. The minimum absolute atomic E-state index is 0.0425. The zero-order valence-corrected chi connectivity index (χ0v) is 12.5. The lowest BCUT2D eigenvalue weighted by atomic mass is 9.85. The highest BCUT2D eigenvalue weighted by molar-refractivity contribution is 14.1. The standard InChI is InChI=1S/C12H18IN3O/c1-12(2)4-3-6-16(7-5-12)10-9(13)11(17)15-8-14-10/h8H,3-7H2,1-2H3,(H,14,15,17). The maximum Gasteiger partial charge on any atom is 0.266 e. The van der Waals surface area contributed by atoms with Crippen LogP contribution in [0.1, 0.15) is 33.1 Å². The van der Waals surface area contributed by atoms with Crippen LogP contribution in [0.15, 0.2) is 11.1 Å². The molecule has 1 N–H and O–H groups in total. The number of hydrogen-bond donors (Lipinski definition) is 1. The summed E-state index contributed by atoms with van der Waals surface area (Å²) in [7, 11) is 0. The van der Waals surface area contributed by atoms with E-state index in [0.29, 0.717) is 8.99 Å². The van der Waals surface area contributed by atoms with Gasteiger partial charge < -0.3 is 9.88 Å². The number of nitrogens with one attached hydrogen (secondary N) is 1. The molecule has 2 heterocycles. The number of aromatic amines is 1. The van der Waals surface area contributed by atoms with Crippen molar-refractivity contribution >= 4 is 28.4 Å². The van der Waals surface area contributed by atoms with Crippen molar-refractivity contribution in [3.05, 3.63) is 20.3 Å². The fourth-order valence-corrected chi connectivity index (χ4v) is 2.86. The number of hydrogen-bond acceptors (Lipinski definition) is 3. The highest BCUT2D eigenvalue weighted by Gasteiger charge is 2.24. The van der Waals surface area contributed by atoms with Gasteiger partial charge in [0.25, 0.3) is 5.56 Å². The summed E-state index contributed by atoms with van der Waals surface area (Å²) in [6.07, 6.45) is 5.05. The first kappa shape index (κ1) is 12.9. The molecule has 4 nitrogen and oxygen atoms in total. The predicted molar refractivity (Wildman–Crippen MR) is 77.4 cm³/mol. The van der Waals surface area contributed by atoms with Crippen LogP contribution in [0.4, 0.5) is 5.82 Å². The molecule has 2 rings (SSSR count). The van der Waals surface area contributed by atoms with Crippen LogP contribution in [0.25, 0.3) is 0 Å². The van der Waals surface area contributed by atoms with Gasteiger partial charge in [-0.25, -0.2) is 4.98 Å². The molecule has 0 amide bonds. The fourth-order valence-electron chi connectivity index (χ4n) is 2.23. The molecule has 0 atom stereocenters. The van der Waals surface area contributed by atoms with Crippen molar-refractivity contribution in [2.24, 2.45) is 5.41 Å². The van der Waals surface area contributed by atoms with E-state index in [4.69, 9.17) is 0 Å². The van der Waals surface area contributed by atoms with Gasteiger partial charge in [-0.1, -0.05) is 13.8 Å². The largest absolute Gasteiger partial charge is 0.356 e. The number of rotatable bonds is 1. The Kier molecular flexibility index (Phi) is 3.75. The van der Waals surface area contributed by atoms with Crippen LogP contribution in [0.3, 0.4) is 0 Å². The van der Waals surface area contributed by atoms with Crippen molar-refractivity contribution in [1.82, 2.24) is 9.97 Å². The molecular formula is C12H18IN3O. The van der Waals surface area contributed by atoms with Crippen LogP contribution < -0.4 is 10.5 Å². The molecule has 1 aromatic heterocycles. The number of aromatic nitrogens is 2. The highest BCUT2D eigenvalue weighted by atomic mass is 127. The van der Waals surface area contributed by atoms with E-state index in [-0.39, 0.29) is 5.56 Å². The summed E-state index contributed by atoms with van der Waals surface area (Å²) in [5.41, 5.74) is 0.362. The van der Waals surface area contributed by atoms with Crippen molar-refractivity contribution in [2.75, 3.05) is 18.0 Å². The molecule has 94 valence electrons. The van der Waals surface area contributed by atoms with E-state index >= 15 is 0 Å². The van der Waals surface area contributed by atoms with Crippen molar-refractivity contribution in [1.29, 1.82) is 0 Å². The zero-order valence-electron chi connectivity index (χ0n) is 10.3. The molecule has 1 fully saturated rings. The van der Waals surface area contributed by atoms with Crippen LogP contribution in [-0.4, -0.2) is 23.1 Å². The number of halogens is 1. The SMILES string of the molecule is CC1(C)CCCN(c2nc[nH]c(=O)c2I)CC1. The maximum absolute atomic E-state index is 11.6. The molecule has 0 spiro atoms. The van der Waals surface area contributed by atoms with E-state index < -0.39 is 0 Å². The van der Waals surface area contributed by atoms with Gasteiger partial charge in [-0.3, -0.25) is 4.79 Å². The van der Waals surface area contributed by atoms with Crippen LogP contribution in [0, 0.1) is 8.99 Å². The Bertz CT molecular complexity index is 455. The lowest BCUT2D eigenvalue weighted by Gasteiger charge is -2.24. The first-order valence-electron chi connectivity index (χ1n) is 5.98. The topological polar surface area (TPSA) is 49.0 Å². The van der Waals surface area contributed by atoms with Crippen LogP contribution in [0.2, 0.25) is 0 Å². The van der Waals surface area contributed by atoms with Gasteiger partial charge in [-0.15, -0.1) is 0 Å². The van der Waals surface area contributed by atoms with Crippen LogP contribution in [-0.2, 0) is 0 Å². The predicted octanol–water partition coefficient (Wildman–Crippen LogP) is 2.39. The van der Waals surface area contributed by atoms with E-state index in [9.17, 15) is 4.79 Å². The average Bonchev–Trinajstić information content (AvgIpc) is 2.44. The molecule has 1 aliphatic rings. The van der Waals surface area contributed by atoms with Crippen molar-refractivity contribution in [3.63, 3.8) is 0 Å². The Morgan fingerprint density at radius 1 is 1.41 bits per heavy atom. The van der Waals surface area contributed by atoms with Crippen LogP contribution >= 0.6 is 22.6 Å². The lowest BCUT2D eigenvalue weighted by Crippen LogP contribution is -2.29. The van der Waals surface area contributed by atoms with Gasteiger partial charge in [-0.2, -0.15) is 0 Å². The average molecular weight is 347 g/mol. The second kappa shape index (κ2) is 4.96. The van der Waals surface area contributed by atoms with E-state index in [0.717, 1.165) is 31.7 Å². The third kappa shape index (κ3) is 3.00. The van der Waals surface area contributed by atoms with E-state index in [1.807, 2.05) is 0 Å². The van der Waals surface area contributed by atoms with Crippen LogP contribution in [0.5, 0.6) is 0 Å². The smallest absolute Gasteiger partial charge is 0.266 e. The number of anilines is 1. The van der Waals surface area contributed by atoms with E-state index in [1.165, 1.54) is 12.7 Å². The van der Waals surface area contributed by atoms with Gasteiger partial charge in [0.2, 0.25) is 0 Å². The molecule has 1 aliphatic heterocycles. The zero-order chi connectivity index (χ0) is 12.5. The quantitative estimate of drug-likeness (QED) is 0.794. The normalized spacial score (nSPS) is 20.1. The van der Waals surface area contributed by atoms with Gasteiger partial charge in [0.05, 0.1) is 6.33 Å². The molecule has 0 aromatic carbocycles. The summed E-state index contributed by atoms with van der Waals surface area (Å²) >= 11 is 2.08. The minimum atomic E-state index is -0.0425. The Labute approximate surface area is 115 Å². The molecule has 0 radical (unpaired) electrons. The minimum Gasteiger partial charge on any atom is -0.356 e. The molecule has 0 saturated carbocycles. The third-order valence-corrected chi connectivity index (χ3v) is 4.39. The summed E-state index contributed by atoms with van der Waals surface area (Å²) in [5, 5.41) is 0. The molecule has 5 heteroatoms. The Balaban J connectivity index is 2.23. The van der Waals surface area contributed by atoms with Crippen molar-refractivity contribution < 1.29 is 0 Å². The summed E-state index contributed by atoms with van der Waals surface area (Å²) in [6, 6.07) is 0. The molecule has 0 unspecified atom stereocenters. The Morgan fingerprint density at radius 2 is 2.18 bits per heavy atom. The summed E-state index contributed by atoms with van der Waals surface area (Å²) in [5.74, 6) is 0.840. The van der Waals surface area contributed by atoms with Gasteiger partial charge >= 0.3 is 0 Å². The van der Waals surface area contributed by atoms with E-state index in [1.54, 1.807) is 0 Å². The number of H-pyrrole nitrogens is 1. The second-order valence-corrected chi connectivity index (χ2v) is 6.45. The highest BCUT2D eigenvalue weighted by Crippen LogP contribution is 2.31. The van der Waals surface area contributed by atoms with Crippen molar-refractivity contribution in [3.8, 4) is 0 Å².